The Morgan fingerprint density at radius 1 is 0.844 bits per heavy atom. The predicted octanol–water partition coefficient (Wildman–Crippen LogP) is 4.97. The fraction of sp³-hybridized carbons (Fsp3) is 0.458. The van der Waals surface area contributed by atoms with E-state index in [4.69, 9.17) is 29.7 Å². The smallest absolute Gasteiger partial charge is 0.193 e. The van der Waals surface area contributed by atoms with Crippen LogP contribution >= 0.6 is 24.0 Å². The molecule has 1 aliphatic carbocycles. The van der Waals surface area contributed by atoms with E-state index in [0.29, 0.717) is 24.0 Å². The average Bonchev–Trinajstić information content (AvgIpc) is 2.82. The van der Waals surface area contributed by atoms with Gasteiger partial charge in [0.2, 0.25) is 0 Å². The van der Waals surface area contributed by atoms with Crippen molar-refractivity contribution in [2.75, 3.05) is 40.3 Å². The van der Waals surface area contributed by atoms with Gasteiger partial charge in [-0.15, -0.1) is 24.0 Å². The Hall–Kier alpha value is -2.36. The molecule has 2 aromatic rings. The summed E-state index contributed by atoms with van der Waals surface area (Å²) in [6.07, 6.45) is 5.73. The minimum atomic E-state index is -0.0678. The van der Waals surface area contributed by atoms with Crippen LogP contribution in [0, 0.1) is 0 Å². The van der Waals surface area contributed by atoms with Crippen molar-refractivity contribution in [1.29, 1.82) is 0 Å². The molecule has 2 aromatic carbocycles. The summed E-state index contributed by atoms with van der Waals surface area (Å²) in [5, 5.41) is 3.16. The average molecular weight is 555 g/mol. The van der Waals surface area contributed by atoms with E-state index in [1.807, 2.05) is 24.3 Å². The van der Waals surface area contributed by atoms with Crippen LogP contribution in [0.25, 0.3) is 0 Å². The largest absolute Gasteiger partial charge is 0.493 e. The van der Waals surface area contributed by atoms with E-state index >= 15 is 0 Å². The lowest BCUT2D eigenvalue weighted by atomic mass is 9.69. The number of anilines is 1. The van der Waals surface area contributed by atoms with Crippen LogP contribution in [-0.4, -0.2) is 40.9 Å². The Morgan fingerprint density at radius 2 is 1.41 bits per heavy atom. The maximum absolute atomic E-state index is 6.25. The summed E-state index contributed by atoms with van der Waals surface area (Å²) in [5.74, 6) is 3.14. The molecular formula is C24H34IN3O4. The normalized spacial score (nSPS) is 15.3. The molecule has 0 saturated heterocycles. The van der Waals surface area contributed by atoms with Crippen LogP contribution < -0.4 is 30.0 Å². The molecule has 1 aliphatic rings. The number of benzene rings is 2. The molecule has 0 aromatic heterocycles. The van der Waals surface area contributed by atoms with Gasteiger partial charge in [-0.1, -0.05) is 25.3 Å². The van der Waals surface area contributed by atoms with Crippen LogP contribution in [0.4, 0.5) is 5.69 Å². The number of methoxy groups -OCH3 is 4. The molecule has 176 valence electrons. The molecule has 0 radical (unpaired) electrons. The molecule has 0 unspecified atom stereocenters. The van der Waals surface area contributed by atoms with Crippen molar-refractivity contribution in [2.24, 2.45) is 10.7 Å². The number of nitrogens with zero attached hydrogens (tertiary/aromatic N) is 1. The number of guanidine groups is 1. The molecule has 0 amide bonds. The van der Waals surface area contributed by atoms with E-state index in [9.17, 15) is 0 Å². The second-order valence-corrected chi connectivity index (χ2v) is 7.81. The molecule has 3 N–H and O–H groups in total. The number of hydrogen-bond donors (Lipinski definition) is 2. The van der Waals surface area contributed by atoms with Gasteiger partial charge in [-0.25, -0.2) is 0 Å². The molecule has 1 saturated carbocycles. The van der Waals surface area contributed by atoms with Crippen molar-refractivity contribution >= 4 is 35.6 Å². The zero-order valence-electron chi connectivity index (χ0n) is 19.3. The molecule has 32 heavy (non-hydrogen) atoms. The maximum Gasteiger partial charge on any atom is 0.193 e. The Balaban J connectivity index is 0.00000363. The van der Waals surface area contributed by atoms with E-state index in [0.717, 1.165) is 30.0 Å². The lowest BCUT2D eigenvalue weighted by Crippen LogP contribution is -2.34. The number of hydrogen-bond acceptors (Lipinski definition) is 5. The zero-order chi connectivity index (χ0) is 22.3. The number of nitrogens with two attached hydrogens (primary N) is 1. The molecular weight excluding hydrogens is 521 g/mol. The third kappa shape index (κ3) is 5.90. The Labute approximate surface area is 207 Å². The van der Waals surface area contributed by atoms with Gasteiger partial charge in [-0.05, 0) is 42.7 Å². The highest BCUT2D eigenvalue weighted by Gasteiger charge is 2.34. The van der Waals surface area contributed by atoms with Gasteiger partial charge in [-0.2, -0.15) is 0 Å². The van der Waals surface area contributed by atoms with Crippen LogP contribution in [-0.2, 0) is 5.41 Å². The summed E-state index contributed by atoms with van der Waals surface area (Å²) in [6, 6.07) is 11.7. The molecule has 0 atom stereocenters. The van der Waals surface area contributed by atoms with Crippen molar-refractivity contribution in [3.8, 4) is 23.0 Å². The van der Waals surface area contributed by atoms with Gasteiger partial charge in [-0.3, -0.25) is 4.99 Å². The second kappa shape index (κ2) is 12.0. The molecule has 7 nitrogen and oxygen atoms in total. The first kappa shape index (κ1) is 25.9. The molecule has 0 heterocycles. The quantitative estimate of drug-likeness (QED) is 0.272. The third-order valence-corrected chi connectivity index (χ3v) is 6.01. The summed E-state index contributed by atoms with van der Waals surface area (Å²) in [6.45, 7) is 0.606. The summed E-state index contributed by atoms with van der Waals surface area (Å²) < 4.78 is 21.6. The Kier molecular flexibility index (Phi) is 9.74. The minimum Gasteiger partial charge on any atom is -0.493 e. The lowest BCUT2D eigenvalue weighted by Gasteiger charge is -2.37. The number of nitrogens with one attached hydrogen (secondary N) is 1. The molecule has 3 rings (SSSR count). The van der Waals surface area contributed by atoms with Gasteiger partial charge in [0.15, 0.2) is 29.0 Å². The monoisotopic (exact) mass is 555 g/mol. The Bertz CT molecular complexity index is 914. The fourth-order valence-corrected chi connectivity index (χ4v) is 4.27. The minimum absolute atomic E-state index is 0. The first-order chi connectivity index (χ1) is 15.0. The van der Waals surface area contributed by atoms with Gasteiger partial charge >= 0.3 is 0 Å². The number of rotatable bonds is 8. The highest BCUT2D eigenvalue weighted by atomic mass is 127. The third-order valence-electron chi connectivity index (χ3n) is 6.01. The van der Waals surface area contributed by atoms with Crippen molar-refractivity contribution in [2.45, 2.75) is 37.5 Å². The van der Waals surface area contributed by atoms with Gasteiger partial charge in [0.05, 0.1) is 35.0 Å². The van der Waals surface area contributed by atoms with Gasteiger partial charge in [0.25, 0.3) is 0 Å². The second-order valence-electron chi connectivity index (χ2n) is 7.81. The van der Waals surface area contributed by atoms with Crippen LogP contribution in [0.1, 0.15) is 37.7 Å². The van der Waals surface area contributed by atoms with E-state index in [2.05, 4.69) is 17.4 Å². The van der Waals surface area contributed by atoms with E-state index in [1.165, 1.54) is 24.8 Å². The summed E-state index contributed by atoms with van der Waals surface area (Å²) >= 11 is 0. The first-order valence-electron chi connectivity index (χ1n) is 10.6. The van der Waals surface area contributed by atoms with Crippen molar-refractivity contribution in [3.05, 3.63) is 42.0 Å². The van der Waals surface area contributed by atoms with Crippen molar-refractivity contribution in [3.63, 3.8) is 0 Å². The highest BCUT2D eigenvalue weighted by molar-refractivity contribution is 14.0. The summed E-state index contributed by atoms with van der Waals surface area (Å²) in [5.41, 5.74) is 8.19. The predicted molar refractivity (Wildman–Crippen MR) is 139 cm³/mol. The number of aliphatic imine (C=N–C) groups is 1. The molecule has 8 heteroatoms. The van der Waals surface area contributed by atoms with Gasteiger partial charge in [0.1, 0.15) is 0 Å². The topological polar surface area (TPSA) is 87.3 Å². The lowest BCUT2D eigenvalue weighted by molar-refractivity contribution is 0.298. The van der Waals surface area contributed by atoms with Crippen LogP contribution in [0.15, 0.2) is 41.4 Å². The summed E-state index contributed by atoms with van der Waals surface area (Å²) in [4.78, 5) is 4.73. The van der Waals surface area contributed by atoms with E-state index in [1.54, 1.807) is 28.4 Å². The van der Waals surface area contributed by atoms with Crippen molar-refractivity contribution in [1.82, 2.24) is 0 Å². The van der Waals surface area contributed by atoms with Crippen molar-refractivity contribution < 1.29 is 18.9 Å². The molecule has 1 fully saturated rings. The van der Waals surface area contributed by atoms with E-state index < -0.39 is 0 Å². The highest BCUT2D eigenvalue weighted by Crippen LogP contribution is 2.42. The molecule has 0 spiro atoms. The SMILES string of the molecule is COc1ccc(NC(N)=NCC2(c3ccc(OC)c(OC)c3)CCCCC2)cc1OC.I. The summed E-state index contributed by atoms with van der Waals surface area (Å²) in [7, 11) is 6.53. The standard InChI is InChI=1S/C24H33N3O4.HI/c1-28-19-10-8-17(14-21(19)30-3)24(12-6-5-7-13-24)16-26-23(25)27-18-9-11-20(29-2)22(15-18)31-4;/h8-11,14-15H,5-7,12-13,16H2,1-4H3,(H3,25,26,27);1H. The van der Waals surface area contributed by atoms with Gasteiger partial charge in [0, 0.05) is 17.2 Å². The van der Waals surface area contributed by atoms with E-state index in [-0.39, 0.29) is 29.4 Å². The van der Waals surface area contributed by atoms with Crippen LogP contribution in [0.5, 0.6) is 23.0 Å². The fourth-order valence-electron chi connectivity index (χ4n) is 4.27. The number of ether oxygens (including phenoxy) is 4. The van der Waals surface area contributed by atoms with Gasteiger partial charge < -0.3 is 30.0 Å². The number of halogens is 1. The van der Waals surface area contributed by atoms with Crippen LogP contribution in [0.2, 0.25) is 0 Å². The maximum atomic E-state index is 6.25. The van der Waals surface area contributed by atoms with Crippen LogP contribution in [0.3, 0.4) is 0 Å². The Morgan fingerprint density at radius 3 is 2.00 bits per heavy atom. The molecule has 0 aliphatic heterocycles. The first-order valence-corrected chi connectivity index (χ1v) is 10.6. The zero-order valence-corrected chi connectivity index (χ0v) is 21.6. The molecule has 0 bridgehead atoms.